The van der Waals surface area contributed by atoms with Gasteiger partial charge >= 0.3 is 6.09 Å². The maximum atomic E-state index is 11.8. The van der Waals surface area contributed by atoms with Crippen LogP contribution in [0.1, 0.15) is 0 Å². The number of β-amino-alcohol motifs (C(OH)–C–C–N with tert-alkyl or cyclic N) is 1. The average molecular weight is 236 g/mol. The zero-order chi connectivity index (χ0) is 12.3. The maximum absolute atomic E-state index is 11.8. The van der Waals surface area contributed by atoms with Gasteiger partial charge in [0.1, 0.15) is 5.75 Å². The summed E-state index contributed by atoms with van der Waals surface area (Å²) in [4.78, 5) is 13.2. The van der Waals surface area contributed by atoms with Crippen molar-refractivity contribution in [3.63, 3.8) is 0 Å². The van der Waals surface area contributed by atoms with Gasteiger partial charge < -0.3 is 20.1 Å². The first-order valence-electron chi connectivity index (χ1n) is 5.57. The van der Waals surface area contributed by atoms with Gasteiger partial charge in [0.15, 0.2) is 0 Å². The third-order valence-corrected chi connectivity index (χ3v) is 2.88. The Labute approximate surface area is 100.0 Å². The Kier molecular flexibility index (Phi) is 3.61. The number of rotatable bonds is 2. The summed E-state index contributed by atoms with van der Waals surface area (Å²) in [5.41, 5.74) is 0. The van der Waals surface area contributed by atoms with Gasteiger partial charge in [-0.25, -0.2) is 4.79 Å². The second-order valence-corrected chi connectivity index (χ2v) is 4.08. The molecule has 1 heterocycles. The first kappa shape index (κ1) is 11.9. The number of para-hydroxylation sites is 1. The summed E-state index contributed by atoms with van der Waals surface area (Å²) >= 11 is 0. The van der Waals surface area contributed by atoms with Crippen LogP contribution in [-0.2, 0) is 0 Å². The van der Waals surface area contributed by atoms with E-state index in [1.54, 1.807) is 31.3 Å². The highest BCUT2D eigenvalue weighted by atomic mass is 16.6. The van der Waals surface area contributed by atoms with E-state index in [4.69, 9.17) is 4.74 Å². The van der Waals surface area contributed by atoms with E-state index in [1.807, 2.05) is 6.07 Å². The number of likely N-dealkylation sites (N-methyl/N-ethyl adjacent to an activating group) is 1. The van der Waals surface area contributed by atoms with E-state index >= 15 is 0 Å². The van der Waals surface area contributed by atoms with E-state index in [-0.39, 0.29) is 6.04 Å². The van der Waals surface area contributed by atoms with E-state index in [1.165, 1.54) is 4.90 Å². The molecule has 1 fully saturated rings. The number of ether oxygens (including phenoxy) is 1. The third kappa shape index (κ3) is 2.75. The van der Waals surface area contributed by atoms with E-state index < -0.39 is 12.2 Å². The number of hydrogen-bond acceptors (Lipinski definition) is 4. The van der Waals surface area contributed by atoms with Crippen molar-refractivity contribution >= 4 is 6.09 Å². The second-order valence-electron chi connectivity index (χ2n) is 4.08. The molecule has 0 spiro atoms. The Morgan fingerprint density at radius 1 is 1.41 bits per heavy atom. The minimum atomic E-state index is -0.539. The van der Waals surface area contributed by atoms with Crippen molar-refractivity contribution in [3.05, 3.63) is 30.3 Å². The molecule has 1 aliphatic heterocycles. The fourth-order valence-electron chi connectivity index (χ4n) is 1.84. The summed E-state index contributed by atoms with van der Waals surface area (Å²) in [5.74, 6) is 0.504. The van der Waals surface area contributed by atoms with Gasteiger partial charge in [0, 0.05) is 20.1 Å². The summed E-state index contributed by atoms with van der Waals surface area (Å²) in [7, 11) is 1.63. The van der Waals surface area contributed by atoms with Gasteiger partial charge in [0.2, 0.25) is 0 Å². The Morgan fingerprint density at radius 3 is 2.71 bits per heavy atom. The average Bonchev–Trinajstić information content (AvgIpc) is 2.76. The van der Waals surface area contributed by atoms with Crippen LogP contribution in [-0.4, -0.2) is 48.4 Å². The summed E-state index contributed by atoms with van der Waals surface area (Å²) in [6.45, 7) is 1.09. The highest BCUT2D eigenvalue weighted by molar-refractivity contribution is 5.70. The Morgan fingerprint density at radius 2 is 2.12 bits per heavy atom. The van der Waals surface area contributed by atoms with Crippen LogP contribution >= 0.6 is 0 Å². The zero-order valence-corrected chi connectivity index (χ0v) is 9.67. The second kappa shape index (κ2) is 5.16. The molecule has 0 radical (unpaired) electrons. The fraction of sp³-hybridized carbons (Fsp3) is 0.417. The number of aliphatic hydroxyl groups is 1. The predicted octanol–water partition coefficient (Wildman–Crippen LogP) is 0.450. The summed E-state index contributed by atoms with van der Waals surface area (Å²) in [5, 5.41) is 12.7. The largest absolute Gasteiger partial charge is 0.415 e. The maximum Gasteiger partial charge on any atom is 0.415 e. The van der Waals surface area contributed by atoms with Gasteiger partial charge in [0.25, 0.3) is 0 Å². The monoisotopic (exact) mass is 236 g/mol. The minimum absolute atomic E-state index is 0.230. The highest BCUT2D eigenvalue weighted by Crippen LogP contribution is 2.13. The van der Waals surface area contributed by atoms with Crippen molar-refractivity contribution < 1.29 is 14.6 Å². The van der Waals surface area contributed by atoms with Gasteiger partial charge in [0.05, 0.1) is 12.1 Å². The molecule has 0 aromatic heterocycles. The van der Waals surface area contributed by atoms with E-state index in [0.29, 0.717) is 18.8 Å². The first-order chi connectivity index (χ1) is 8.18. The molecule has 0 aliphatic carbocycles. The van der Waals surface area contributed by atoms with Gasteiger partial charge in [-0.05, 0) is 12.1 Å². The lowest BCUT2D eigenvalue weighted by Crippen LogP contribution is -2.45. The van der Waals surface area contributed by atoms with E-state index in [9.17, 15) is 9.90 Å². The number of carbonyl (C=O) groups excluding carboxylic acids is 1. The molecule has 5 heteroatoms. The number of amides is 1. The predicted molar refractivity (Wildman–Crippen MR) is 62.9 cm³/mol. The van der Waals surface area contributed by atoms with E-state index in [0.717, 1.165) is 0 Å². The van der Waals surface area contributed by atoms with Crippen LogP contribution < -0.4 is 10.1 Å². The minimum Gasteiger partial charge on any atom is -0.410 e. The fourth-order valence-corrected chi connectivity index (χ4v) is 1.84. The number of nitrogens with zero attached hydrogens (tertiary/aromatic N) is 1. The zero-order valence-electron chi connectivity index (χ0n) is 9.67. The summed E-state index contributed by atoms with van der Waals surface area (Å²) < 4.78 is 5.18. The number of nitrogens with one attached hydrogen (secondary N) is 1. The molecule has 2 N–H and O–H groups in total. The van der Waals surface area contributed by atoms with Crippen LogP contribution in [0.4, 0.5) is 4.79 Å². The summed E-state index contributed by atoms with van der Waals surface area (Å²) in [6, 6.07) is 8.66. The molecule has 1 amide bonds. The van der Waals surface area contributed by atoms with Gasteiger partial charge in [-0.2, -0.15) is 0 Å². The molecule has 1 aromatic rings. The number of hydrogen-bond donors (Lipinski definition) is 2. The van der Waals surface area contributed by atoms with Crippen molar-refractivity contribution in [1.82, 2.24) is 10.2 Å². The van der Waals surface area contributed by atoms with Gasteiger partial charge in [-0.15, -0.1) is 0 Å². The van der Waals surface area contributed by atoms with E-state index in [2.05, 4.69) is 5.32 Å². The molecule has 1 saturated heterocycles. The quantitative estimate of drug-likeness (QED) is 0.782. The van der Waals surface area contributed by atoms with Crippen molar-refractivity contribution in [1.29, 1.82) is 0 Å². The van der Waals surface area contributed by atoms with Crippen molar-refractivity contribution in [2.24, 2.45) is 0 Å². The lowest BCUT2D eigenvalue weighted by atomic mass is 10.2. The molecule has 17 heavy (non-hydrogen) atoms. The molecule has 0 unspecified atom stereocenters. The lowest BCUT2D eigenvalue weighted by Gasteiger charge is -2.25. The molecule has 92 valence electrons. The molecule has 2 atom stereocenters. The molecular weight excluding hydrogens is 220 g/mol. The highest BCUT2D eigenvalue weighted by Gasteiger charge is 2.32. The molecule has 1 aromatic carbocycles. The van der Waals surface area contributed by atoms with Crippen LogP contribution in [0.15, 0.2) is 30.3 Å². The molecule has 5 nitrogen and oxygen atoms in total. The summed E-state index contributed by atoms with van der Waals surface area (Å²) in [6.07, 6.45) is -0.993. The normalized spacial score (nSPS) is 23.4. The van der Waals surface area contributed by atoms with Crippen molar-refractivity contribution in [2.45, 2.75) is 12.1 Å². The molecular formula is C12H16N2O3. The topological polar surface area (TPSA) is 61.8 Å². The van der Waals surface area contributed by atoms with Gasteiger partial charge in [-0.1, -0.05) is 18.2 Å². The number of carbonyl (C=O) groups is 1. The Bertz CT molecular complexity index is 383. The Hall–Kier alpha value is -1.59. The van der Waals surface area contributed by atoms with Crippen LogP contribution in [0, 0.1) is 0 Å². The van der Waals surface area contributed by atoms with Crippen LogP contribution in [0.3, 0.4) is 0 Å². The first-order valence-corrected chi connectivity index (χ1v) is 5.57. The van der Waals surface area contributed by atoms with Crippen LogP contribution in [0.5, 0.6) is 5.75 Å². The smallest absolute Gasteiger partial charge is 0.410 e. The molecule has 0 bridgehead atoms. The van der Waals surface area contributed by atoms with Gasteiger partial charge in [-0.3, -0.25) is 0 Å². The number of benzene rings is 1. The third-order valence-electron chi connectivity index (χ3n) is 2.88. The molecule has 1 aliphatic rings. The van der Waals surface area contributed by atoms with Crippen LogP contribution in [0.2, 0.25) is 0 Å². The van der Waals surface area contributed by atoms with Crippen molar-refractivity contribution in [3.8, 4) is 5.75 Å². The SMILES string of the molecule is CN(C(=O)Oc1ccccc1)[C@H]1CNC[C@@H]1O. The Balaban J connectivity index is 1.96. The lowest BCUT2D eigenvalue weighted by molar-refractivity contribution is 0.0912. The number of aliphatic hydroxyl groups excluding tert-OH is 1. The van der Waals surface area contributed by atoms with Crippen LogP contribution in [0.25, 0.3) is 0 Å². The standard InChI is InChI=1S/C12H16N2O3/c1-14(10-7-13-8-11(10)15)12(16)17-9-5-3-2-4-6-9/h2-6,10-11,13,15H,7-8H2,1H3/t10-,11-/m0/s1. The molecule has 2 rings (SSSR count). The van der Waals surface area contributed by atoms with Crippen molar-refractivity contribution in [2.75, 3.05) is 20.1 Å². The molecule has 0 saturated carbocycles.